The summed E-state index contributed by atoms with van der Waals surface area (Å²) in [5.41, 5.74) is 2.42. The normalized spacial score (nSPS) is 11.0. The first-order valence-corrected chi connectivity index (χ1v) is 8.40. The van der Waals surface area contributed by atoms with E-state index in [1.165, 1.54) is 24.3 Å². The zero-order chi connectivity index (χ0) is 18.7. The first-order valence-electron chi connectivity index (χ1n) is 8.40. The molecule has 1 heterocycles. The highest BCUT2D eigenvalue weighted by atomic mass is 19.1. The van der Waals surface area contributed by atoms with Crippen LogP contribution in [-0.4, -0.2) is 27.0 Å². The fourth-order valence-electron chi connectivity index (χ4n) is 2.53. The monoisotopic (exact) mass is 353 g/mol. The third-order valence-electron chi connectivity index (χ3n) is 4.06. The Balaban J connectivity index is 1.79. The molecule has 2 aromatic carbocycles. The Hall–Kier alpha value is -3.02. The fourth-order valence-corrected chi connectivity index (χ4v) is 2.53. The maximum Gasteiger partial charge on any atom is 0.254 e. The zero-order valence-electron chi connectivity index (χ0n) is 14.9. The van der Waals surface area contributed by atoms with E-state index in [4.69, 9.17) is 4.52 Å². The van der Waals surface area contributed by atoms with Crippen LogP contribution in [0, 0.1) is 12.7 Å². The average molecular weight is 353 g/mol. The summed E-state index contributed by atoms with van der Waals surface area (Å²) >= 11 is 0. The van der Waals surface area contributed by atoms with E-state index in [9.17, 15) is 9.18 Å². The molecule has 5 nitrogen and oxygen atoms in total. The molecule has 0 aliphatic carbocycles. The van der Waals surface area contributed by atoms with Crippen LogP contribution >= 0.6 is 0 Å². The second-order valence-electron chi connectivity index (χ2n) is 6.41. The van der Waals surface area contributed by atoms with Gasteiger partial charge in [0.15, 0.2) is 0 Å². The van der Waals surface area contributed by atoms with E-state index >= 15 is 0 Å². The lowest BCUT2D eigenvalue weighted by molar-refractivity contribution is 0.0667. The Morgan fingerprint density at radius 1 is 1.12 bits per heavy atom. The van der Waals surface area contributed by atoms with Crippen molar-refractivity contribution in [2.45, 2.75) is 33.4 Å². The van der Waals surface area contributed by atoms with E-state index in [-0.39, 0.29) is 24.3 Å². The van der Waals surface area contributed by atoms with Gasteiger partial charge in [0.1, 0.15) is 12.4 Å². The molecule has 0 bridgehead atoms. The minimum atomic E-state index is -0.378. The van der Waals surface area contributed by atoms with Gasteiger partial charge in [0.25, 0.3) is 5.91 Å². The van der Waals surface area contributed by atoms with Gasteiger partial charge < -0.3 is 9.42 Å². The van der Waals surface area contributed by atoms with Crippen molar-refractivity contribution < 1.29 is 13.7 Å². The topological polar surface area (TPSA) is 59.2 Å². The minimum absolute atomic E-state index is 0.0812. The molecular formula is C20H20FN3O2. The summed E-state index contributed by atoms with van der Waals surface area (Å²) in [7, 11) is 0. The molecule has 3 aromatic rings. The SMILES string of the molecule is Cc1ccc(-c2noc(CN(C(=O)c3ccc(F)cc3)C(C)C)n2)cc1. The third-order valence-corrected chi connectivity index (χ3v) is 4.06. The summed E-state index contributed by atoms with van der Waals surface area (Å²) in [4.78, 5) is 18.7. The van der Waals surface area contributed by atoms with Crippen molar-refractivity contribution >= 4 is 5.91 Å². The highest BCUT2D eigenvalue weighted by Gasteiger charge is 2.22. The molecule has 3 rings (SSSR count). The first kappa shape index (κ1) is 17.8. The lowest BCUT2D eigenvalue weighted by Crippen LogP contribution is -2.36. The predicted molar refractivity (Wildman–Crippen MR) is 95.9 cm³/mol. The molecule has 0 fully saturated rings. The molecular weight excluding hydrogens is 333 g/mol. The largest absolute Gasteiger partial charge is 0.337 e. The molecule has 0 radical (unpaired) electrons. The smallest absolute Gasteiger partial charge is 0.254 e. The van der Waals surface area contributed by atoms with Crippen molar-refractivity contribution in [3.8, 4) is 11.4 Å². The van der Waals surface area contributed by atoms with E-state index in [2.05, 4.69) is 10.1 Å². The van der Waals surface area contributed by atoms with Crippen molar-refractivity contribution in [2.24, 2.45) is 0 Å². The Bertz CT molecular complexity index is 886. The molecule has 0 aliphatic heterocycles. The van der Waals surface area contributed by atoms with Gasteiger partial charge in [0, 0.05) is 17.2 Å². The van der Waals surface area contributed by atoms with Crippen molar-refractivity contribution in [3.63, 3.8) is 0 Å². The van der Waals surface area contributed by atoms with E-state index in [0.717, 1.165) is 11.1 Å². The van der Waals surface area contributed by atoms with E-state index in [0.29, 0.717) is 17.3 Å². The lowest BCUT2D eigenvalue weighted by Gasteiger charge is -2.25. The van der Waals surface area contributed by atoms with E-state index in [1.54, 1.807) is 4.90 Å². The molecule has 1 aromatic heterocycles. The Labute approximate surface area is 151 Å². The maximum atomic E-state index is 13.1. The number of benzene rings is 2. The van der Waals surface area contributed by atoms with Crippen LogP contribution in [0.25, 0.3) is 11.4 Å². The van der Waals surface area contributed by atoms with Gasteiger partial charge in [-0.25, -0.2) is 4.39 Å². The summed E-state index contributed by atoms with van der Waals surface area (Å²) in [5, 5.41) is 4.00. The van der Waals surface area contributed by atoms with Gasteiger partial charge in [-0.2, -0.15) is 4.98 Å². The van der Waals surface area contributed by atoms with Crippen molar-refractivity contribution in [3.05, 3.63) is 71.4 Å². The van der Waals surface area contributed by atoms with Gasteiger partial charge in [-0.15, -0.1) is 0 Å². The highest BCUT2D eigenvalue weighted by Crippen LogP contribution is 2.18. The Morgan fingerprint density at radius 2 is 1.77 bits per heavy atom. The number of hydrogen-bond donors (Lipinski definition) is 0. The third kappa shape index (κ3) is 3.96. The molecule has 134 valence electrons. The Morgan fingerprint density at radius 3 is 2.38 bits per heavy atom. The van der Waals surface area contributed by atoms with Gasteiger partial charge in [-0.3, -0.25) is 4.79 Å². The predicted octanol–water partition coefficient (Wildman–Crippen LogP) is 4.23. The molecule has 1 amide bonds. The molecule has 0 atom stereocenters. The van der Waals surface area contributed by atoms with Gasteiger partial charge in [0.05, 0.1) is 0 Å². The second-order valence-corrected chi connectivity index (χ2v) is 6.41. The number of nitrogens with zero attached hydrogens (tertiary/aromatic N) is 3. The first-order chi connectivity index (χ1) is 12.4. The number of rotatable bonds is 5. The van der Waals surface area contributed by atoms with Crippen LogP contribution in [0.2, 0.25) is 0 Å². The quantitative estimate of drug-likeness (QED) is 0.688. The van der Waals surface area contributed by atoms with Crippen LogP contribution in [0.1, 0.15) is 35.7 Å². The molecule has 0 aliphatic rings. The minimum Gasteiger partial charge on any atom is -0.337 e. The van der Waals surface area contributed by atoms with Crippen LogP contribution in [-0.2, 0) is 6.54 Å². The molecule has 0 saturated carbocycles. The molecule has 6 heteroatoms. The molecule has 26 heavy (non-hydrogen) atoms. The van der Waals surface area contributed by atoms with Crippen LogP contribution in [0.3, 0.4) is 0 Å². The zero-order valence-corrected chi connectivity index (χ0v) is 14.9. The molecule has 0 N–H and O–H groups in total. The van der Waals surface area contributed by atoms with Crippen molar-refractivity contribution in [1.29, 1.82) is 0 Å². The van der Waals surface area contributed by atoms with E-state index < -0.39 is 0 Å². The van der Waals surface area contributed by atoms with Crippen LogP contribution in [0.4, 0.5) is 4.39 Å². The fraction of sp³-hybridized carbons (Fsp3) is 0.250. The number of hydrogen-bond acceptors (Lipinski definition) is 4. The van der Waals surface area contributed by atoms with Gasteiger partial charge in [-0.1, -0.05) is 35.0 Å². The number of halogens is 1. The van der Waals surface area contributed by atoms with Crippen LogP contribution in [0.15, 0.2) is 53.1 Å². The molecule has 0 spiro atoms. The molecule has 0 unspecified atom stereocenters. The maximum absolute atomic E-state index is 13.1. The van der Waals surface area contributed by atoms with Crippen molar-refractivity contribution in [1.82, 2.24) is 15.0 Å². The number of aryl methyl sites for hydroxylation is 1. The summed E-state index contributed by atoms with van der Waals surface area (Å²) < 4.78 is 18.4. The van der Waals surface area contributed by atoms with Crippen LogP contribution < -0.4 is 0 Å². The van der Waals surface area contributed by atoms with Gasteiger partial charge in [0.2, 0.25) is 11.7 Å². The second kappa shape index (κ2) is 7.47. The number of carbonyl (C=O) groups excluding carboxylic acids is 1. The van der Waals surface area contributed by atoms with Gasteiger partial charge in [-0.05, 0) is 45.0 Å². The van der Waals surface area contributed by atoms with E-state index in [1.807, 2.05) is 45.0 Å². The summed E-state index contributed by atoms with van der Waals surface area (Å²) in [5.74, 6) is 0.245. The van der Waals surface area contributed by atoms with Crippen molar-refractivity contribution in [2.75, 3.05) is 0 Å². The molecule has 0 saturated heterocycles. The standard InChI is InChI=1S/C20H20FN3O2/c1-13(2)24(20(25)16-8-10-17(21)11-9-16)12-18-22-19(23-26-18)15-6-4-14(3)5-7-15/h4-11,13H,12H2,1-3H3. The number of carbonyl (C=O) groups is 1. The summed E-state index contributed by atoms with van der Waals surface area (Å²) in [6.45, 7) is 6.00. The lowest BCUT2D eigenvalue weighted by atomic mass is 10.1. The summed E-state index contributed by atoms with van der Waals surface area (Å²) in [6.07, 6.45) is 0. The van der Waals surface area contributed by atoms with Gasteiger partial charge >= 0.3 is 0 Å². The summed E-state index contributed by atoms with van der Waals surface area (Å²) in [6, 6.07) is 13.2. The van der Waals surface area contributed by atoms with Crippen LogP contribution in [0.5, 0.6) is 0 Å². The average Bonchev–Trinajstić information content (AvgIpc) is 3.09. The highest BCUT2D eigenvalue weighted by molar-refractivity contribution is 5.94. The number of amides is 1. The Kier molecular flexibility index (Phi) is 5.11. The number of aromatic nitrogens is 2.